The van der Waals surface area contributed by atoms with Crippen molar-refractivity contribution in [2.75, 3.05) is 11.9 Å². The number of aromatic nitrogens is 1. The summed E-state index contributed by atoms with van der Waals surface area (Å²) in [4.78, 5) is 27.1. The molecule has 0 saturated heterocycles. The molecule has 102 valence electrons. The number of benzene rings is 1. The molecule has 5 nitrogen and oxygen atoms in total. The number of hydrogen-bond acceptors (Lipinski definition) is 4. The van der Waals surface area contributed by atoms with Gasteiger partial charge in [-0.3, -0.25) is 9.78 Å². The number of ether oxygens (including phenoxy) is 1. The van der Waals surface area contributed by atoms with Gasteiger partial charge < -0.3 is 10.1 Å². The Kier molecular flexibility index (Phi) is 4.84. The van der Waals surface area contributed by atoms with Gasteiger partial charge in [-0.1, -0.05) is 12.1 Å². The molecule has 1 heterocycles. The number of rotatable bonds is 4. The fraction of sp³-hybridized carbons (Fsp3) is 0.0714. The summed E-state index contributed by atoms with van der Waals surface area (Å²) in [5, 5.41) is 2.64. The number of halogens is 1. The molecule has 1 aromatic carbocycles. The van der Waals surface area contributed by atoms with Gasteiger partial charge in [-0.2, -0.15) is 0 Å². The molecule has 0 radical (unpaired) electrons. The molecule has 0 unspecified atom stereocenters. The number of nitrogens with one attached hydrogen (secondary N) is 1. The lowest BCUT2D eigenvalue weighted by atomic mass is 10.3. The Balaban J connectivity index is 1.87. The normalized spacial score (nSPS) is 9.85. The molecule has 0 fully saturated rings. The Morgan fingerprint density at radius 2 is 1.85 bits per heavy atom. The first kappa shape index (κ1) is 14.2. The summed E-state index contributed by atoms with van der Waals surface area (Å²) in [6.45, 7) is -0.345. The number of esters is 1. The Labute approximate surface area is 124 Å². The van der Waals surface area contributed by atoms with Gasteiger partial charge in [0.25, 0.3) is 5.91 Å². The van der Waals surface area contributed by atoms with Gasteiger partial charge in [0.2, 0.25) is 0 Å². The third-order valence-corrected chi connectivity index (χ3v) is 3.09. The van der Waals surface area contributed by atoms with Gasteiger partial charge in [-0.15, -0.1) is 0 Å². The lowest BCUT2D eigenvalue weighted by Crippen LogP contribution is -2.21. The molecule has 0 atom stereocenters. The average molecular weight is 335 g/mol. The topological polar surface area (TPSA) is 68.3 Å². The standard InChI is InChI=1S/C14H11BrN2O3/c15-11-3-1-2-4-12(11)17-13(18)9-20-14(19)10-5-7-16-8-6-10/h1-8H,9H2,(H,17,18). The monoisotopic (exact) mass is 334 g/mol. The number of carbonyl (C=O) groups is 2. The number of anilines is 1. The molecule has 0 aliphatic heterocycles. The van der Waals surface area contributed by atoms with E-state index in [9.17, 15) is 9.59 Å². The van der Waals surface area contributed by atoms with Crippen LogP contribution in [0.4, 0.5) is 5.69 Å². The minimum absolute atomic E-state index is 0.345. The highest BCUT2D eigenvalue weighted by Crippen LogP contribution is 2.20. The quantitative estimate of drug-likeness (QED) is 0.872. The SMILES string of the molecule is O=C(COC(=O)c1ccncc1)Nc1ccccc1Br. The van der Waals surface area contributed by atoms with E-state index in [1.54, 1.807) is 18.2 Å². The summed E-state index contributed by atoms with van der Waals surface area (Å²) in [7, 11) is 0. The Morgan fingerprint density at radius 3 is 2.55 bits per heavy atom. The van der Waals surface area contributed by atoms with Crippen molar-refractivity contribution in [3.05, 3.63) is 58.8 Å². The molecule has 0 aliphatic carbocycles. The highest BCUT2D eigenvalue weighted by molar-refractivity contribution is 9.10. The minimum Gasteiger partial charge on any atom is -0.452 e. The second-order valence-corrected chi connectivity index (χ2v) is 4.69. The van der Waals surface area contributed by atoms with Crippen molar-refractivity contribution in [3.8, 4) is 0 Å². The summed E-state index contributed by atoms with van der Waals surface area (Å²) in [5.74, 6) is -0.964. The molecule has 0 aliphatic rings. The van der Waals surface area contributed by atoms with Gasteiger partial charge in [0.05, 0.1) is 11.3 Å². The van der Waals surface area contributed by atoms with E-state index in [0.717, 1.165) is 4.47 Å². The molecule has 0 spiro atoms. The first-order valence-electron chi connectivity index (χ1n) is 5.78. The summed E-state index contributed by atoms with van der Waals surface area (Å²) in [5.41, 5.74) is 0.978. The highest BCUT2D eigenvalue weighted by Gasteiger charge is 2.10. The van der Waals surface area contributed by atoms with Gasteiger partial charge in [-0.05, 0) is 40.2 Å². The van der Waals surface area contributed by atoms with E-state index in [1.165, 1.54) is 24.5 Å². The van der Waals surface area contributed by atoms with Gasteiger partial charge in [0.15, 0.2) is 6.61 Å². The predicted octanol–water partition coefficient (Wildman–Crippen LogP) is 2.64. The van der Waals surface area contributed by atoms with E-state index in [0.29, 0.717) is 11.3 Å². The molecule has 0 bridgehead atoms. The molecular formula is C14H11BrN2O3. The van der Waals surface area contributed by atoms with Crippen molar-refractivity contribution < 1.29 is 14.3 Å². The zero-order chi connectivity index (χ0) is 14.4. The van der Waals surface area contributed by atoms with Crippen molar-refractivity contribution in [3.63, 3.8) is 0 Å². The molecule has 1 N–H and O–H groups in total. The van der Waals surface area contributed by atoms with Crippen molar-refractivity contribution in [1.82, 2.24) is 4.98 Å². The van der Waals surface area contributed by atoms with Crippen LogP contribution >= 0.6 is 15.9 Å². The van der Waals surface area contributed by atoms with Gasteiger partial charge in [-0.25, -0.2) is 4.79 Å². The van der Waals surface area contributed by atoms with E-state index < -0.39 is 11.9 Å². The van der Waals surface area contributed by atoms with Crippen LogP contribution in [0.25, 0.3) is 0 Å². The summed E-state index contributed by atoms with van der Waals surface area (Å²) in [6, 6.07) is 10.2. The van der Waals surface area contributed by atoms with Crippen LogP contribution in [0.1, 0.15) is 10.4 Å². The number of para-hydroxylation sites is 1. The largest absolute Gasteiger partial charge is 0.452 e. The van der Waals surface area contributed by atoms with E-state index in [4.69, 9.17) is 4.74 Å². The van der Waals surface area contributed by atoms with Crippen molar-refractivity contribution in [1.29, 1.82) is 0 Å². The molecule has 20 heavy (non-hydrogen) atoms. The second-order valence-electron chi connectivity index (χ2n) is 3.84. The zero-order valence-corrected chi connectivity index (χ0v) is 12.0. The third kappa shape index (κ3) is 3.89. The average Bonchev–Trinajstić information content (AvgIpc) is 2.48. The zero-order valence-electron chi connectivity index (χ0n) is 10.4. The van der Waals surface area contributed by atoms with E-state index in [-0.39, 0.29) is 6.61 Å². The molecule has 1 aromatic heterocycles. The van der Waals surface area contributed by atoms with Crippen LogP contribution in [0.15, 0.2) is 53.3 Å². The van der Waals surface area contributed by atoms with Crippen molar-refractivity contribution >= 4 is 33.5 Å². The molecule has 2 rings (SSSR count). The van der Waals surface area contributed by atoms with Gasteiger partial charge >= 0.3 is 5.97 Å². The smallest absolute Gasteiger partial charge is 0.338 e. The second kappa shape index (κ2) is 6.81. The van der Waals surface area contributed by atoms with E-state index in [1.807, 2.05) is 6.07 Å². The van der Waals surface area contributed by atoms with Crippen LogP contribution in [0, 0.1) is 0 Å². The van der Waals surface area contributed by atoms with Gasteiger partial charge in [0, 0.05) is 16.9 Å². The fourth-order valence-electron chi connectivity index (χ4n) is 1.45. The number of carbonyl (C=O) groups excluding carboxylic acids is 2. The lowest BCUT2D eigenvalue weighted by Gasteiger charge is -2.07. The summed E-state index contributed by atoms with van der Waals surface area (Å²) < 4.78 is 5.67. The number of pyridine rings is 1. The Bertz CT molecular complexity index is 617. The van der Waals surface area contributed by atoms with Crippen LogP contribution < -0.4 is 5.32 Å². The van der Waals surface area contributed by atoms with E-state index >= 15 is 0 Å². The maximum Gasteiger partial charge on any atom is 0.338 e. The van der Waals surface area contributed by atoms with E-state index in [2.05, 4.69) is 26.2 Å². The minimum atomic E-state index is -0.560. The molecule has 2 aromatic rings. The first-order chi connectivity index (χ1) is 9.66. The Hall–Kier alpha value is -2.21. The summed E-state index contributed by atoms with van der Waals surface area (Å²) in [6.07, 6.45) is 2.97. The number of nitrogens with zero attached hydrogens (tertiary/aromatic N) is 1. The van der Waals surface area contributed by atoms with Gasteiger partial charge in [0.1, 0.15) is 0 Å². The summed E-state index contributed by atoms with van der Waals surface area (Å²) >= 11 is 3.31. The molecule has 6 heteroatoms. The van der Waals surface area contributed by atoms with Crippen LogP contribution in [-0.4, -0.2) is 23.5 Å². The van der Waals surface area contributed by atoms with Crippen molar-refractivity contribution in [2.24, 2.45) is 0 Å². The number of hydrogen-bond donors (Lipinski definition) is 1. The lowest BCUT2D eigenvalue weighted by molar-refractivity contribution is -0.119. The maximum atomic E-state index is 11.7. The first-order valence-corrected chi connectivity index (χ1v) is 6.57. The predicted molar refractivity (Wildman–Crippen MR) is 77.3 cm³/mol. The molecule has 1 amide bonds. The van der Waals surface area contributed by atoms with Crippen LogP contribution in [-0.2, 0) is 9.53 Å². The fourth-order valence-corrected chi connectivity index (χ4v) is 1.84. The molecular weight excluding hydrogens is 324 g/mol. The van der Waals surface area contributed by atoms with Crippen LogP contribution in [0.2, 0.25) is 0 Å². The Morgan fingerprint density at radius 1 is 1.15 bits per heavy atom. The van der Waals surface area contributed by atoms with Crippen LogP contribution in [0.5, 0.6) is 0 Å². The molecule has 0 saturated carbocycles. The highest BCUT2D eigenvalue weighted by atomic mass is 79.9. The van der Waals surface area contributed by atoms with Crippen molar-refractivity contribution in [2.45, 2.75) is 0 Å². The number of amides is 1. The third-order valence-electron chi connectivity index (χ3n) is 2.40. The van der Waals surface area contributed by atoms with Crippen LogP contribution in [0.3, 0.4) is 0 Å². The maximum absolute atomic E-state index is 11.7.